The largest absolute Gasteiger partial charge is 0.464 e. The second-order valence-electron chi connectivity index (χ2n) is 6.16. The maximum absolute atomic E-state index is 12.1. The Balaban J connectivity index is 2.05. The summed E-state index contributed by atoms with van der Waals surface area (Å²) in [5, 5.41) is 0. The first kappa shape index (κ1) is 18.0. The molecule has 0 atom stereocenters. The molecule has 0 aromatic carbocycles. The van der Waals surface area contributed by atoms with Gasteiger partial charge >= 0.3 is 5.97 Å². The van der Waals surface area contributed by atoms with Crippen LogP contribution >= 0.6 is 0 Å². The quantitative estimate of drug-likeness (QED) is 0.458. The van der Waals surface area contributed by atoms with Crippen LogP contribution in [0.3, 0.4) is 0 Å². The van der Waals surface area contributed by atoms with Crippen molar-refractivity contribution in [2.75, 3.05) is 20.2 Å². The molecule has 0 aromatic rings. The van der Waals surface area contributed by atoms with Gasteiger partial charge in [0.05, 0.1) is 6.61 Å². The van der Waals surface area contributed by atoms with Crippen LogP contribution in [-0.2, 0) is 14.3 Å². The number of amides is 1. The first-order valence-corrected chi connectivity index (χ1v) is 8.55. The Labute approximate surface area is 129 Å². The fourth-order valence-electron chi connectivity index (χ4n) is 2.87. The van der Waals surface area contributed by atoms with E-state index in [4.69, 9.17) is 4.74 Å². The normalized spacial score (nSPS) is 15.1. The van der Waals surface area contributed by atoms with Crippen molar-refractivity contribution in [3.63, 3.8) is 0 Å². The van der Waals surface area contributed by atoms with Crippen molar-refractivity contribution >= 4 is 11.9 Å². The van der Waals surface area contributed by atoms with Gasteiger partial charge in [-0.05, 0) is 19.3 Å². The standard InChI is InChI=1S/C17H31NO3/c1-3-4-5-6-7-10-13-21-16(19)14-18(2)17(20)15-11-8-9-12-15/h15H,3-14H2,1-2H3. The molecule has 21 heavy (non-hydrogen) atoms. The molecule has 0 aromatic heterocycles. The third-order valence-electron chi connectivity index (χ3n) is 4.21. The van der Waals surface area contributed by atoms with Gasteiger partial charge < -0.3 is 9.64 Å². The molecule has 1 aliphatic rings. The fourth-order valence-corrected chi connectivity index (χ4v) is 2.87. The van der Waals surface area contributed by atoms with E-state index in [-0.39, 0.29) is 24.3 Å². The first-order valence-electron chi connectivity index (χ1n) is 8.55. The molecule has 0 saturated heterocycles. The zero-order chi connectivity index (χ0) is 15.5. The lowest BCUT2D eigenvalue weighted by molar-refractivity contribution is -0.149. The smallest absolute Gasteiger partial charge is 0.325 e. The summed E-state index contributed by atoms with van der Waals surface area (Å²) in [6.07, 6.45) is 11.3. The van der Waals surface area contributed by atoms with Gasteiger partial charge in [-0.15, -0.1) is 0 Å². The molecule has 1 fully saturated rings. The van der Waals surface area contributed by atoms with E-state index < -0.39 is 0 Å². The molecule has 1 amide bonds. The van der Waals surface area contributed by atoms with E-state index in [2.05, 4.69) is 6.92 Å². The summed E-state index contributed by atoms with van der Waals surface area (Å²) in [7, 11) is 1.70. The maximum Gasteiger partial charge on any atom is 0.325 e. The van der Waals surface area contributed by atoms with E-state index in [1.165, 1.54) is 30.6 Å². The minimum absolute atomic E-state index is 0.0885. The molecule has 1 saturated carbocycles. The number of hydrogen-bond acceptors (Lipinski definition) is 3. The topological polar surface area (TPSA) is 46.6 Å². The Morgan fingerprint density at radius 2 is 1.67 bits per heavy atom. The SMILES string of the molecule is CCCCCCCCOC(=O)CN(C)C(=O)C1CCCC1. The van der Waals surface area contributed by atoms with Crippen LogP contribution in [0.4, 0.5) is 0 Å². The second kappa shape index (κ2) is 10.6. The summed E-state index contributed by atoms with van der Waals surface area (Å²) in [6, 6.07) is 0. The summed E-state index contributed by atoms with van der Waals surface area (Å²) in [4.78, 5) is 25.3. The molecule has 0 radical (unpaired) electrons. The van der Waals surface area contributed by atoms with E-state index in [1.54, 1.807) is 7.05 Å². The van der Waals surface area contributed by atoms with Crippen LogP contribution in [0.25, 0.3) is 0 Å². The van der Waals surface area contributed by atoms with Gasteiger partial charge in [-0.3, -0.25) is 9.59 Å². The highest BCUT2D eigenvalue weighted by Crippen LogP contribution is 2.26. The second-order valence-corrected chi connectivity index (χ2v) is 6.16. The van der Waals surface area contributed by atoms with Crippen LogP contribution in [-0.4, -0.2) is 37.0 Å². The highest BCUT2D eigenvalue weighted by Gasteiger charge is 2.26. The molecule has 4 nitrogen and oxygen atoms in total. The van der Waals surface area contributed by atoms with Crippen LogP contribution in [0.5, 0.6) is 0 Å². The van der Waals surface area contributed by atoms with E-state index in [1.807, 2.05) is 0 Å². The van der Waals surface area contributed by atoms with Crippen LogP contribution in [0, 0.1) is 5.92 Å². The van der Waals surface area contributed by atoms with Crippen molar-refractivity contribution in [2.24, 2.45) is 5.92 Å². The number of likely N-dealkylation sites (N-methyl/N-ethyl adjacent to an activating group) is 1. The van der Waals surface area contributed by atoms with Crippen molar-refractivity contribution in [2.45, 2.75) is 71.1 Å². The molecule has 0 aliphatic heterocycles. The van der Waals surface area contributed by atoms with Gasteiger partial charge in [0.15, 0.2) is 0 Å². The van der Waals surface area contributed by atoms with E-state index in [0.29, 0.717) is 6.61 Å². The van der Waals surface area contributed by atoms with E-state index in [9.17, 15) is 9.59 Å². The predicted molar refractivity (Wildman–Crippen MR) is 83.9 cm³/mol. The van der Waals surface area contributed by atoms with Gasteiger partial charge in [-0.25, -0.2) is 0 Å². The monoisotopic (exact) mass is 297 g/mol. The maximum atomic E-state index is 12.1. The Hall–Kier alpha value is -1.06. The Morgan fingerprint density at radius 1 is 1.05 bits per heavy atom. The van der Waals surface area contributed by atoms with Crippen molar-refractivity contribution < 1.29 is 14.3 Å². The summed E-state index contributed by atoms with van der Waals surface area (Å²) in [5.74, 6) is -0.0530. The molecular weight excluding hydrogens is 266 g/mol. The number of rotatable bonds is 10. The molecule has 4 heteroatoms. The van der Waals surface area contributed by atoms with Crippen LogP contribution < -0.4 is 0 Å². The van der Waals surface area contributed by atoms with E-state index in [0.717, 1.165) is 38.5 Å². The minimum atomic E-state index is -0.280. The number of ether oxygens (including phenoxy) is 1. The van der Waals surface area contributed by atoms with Gasteiger partial charge in [-0.2, -0.15) is 0 Å². The summed E-state index contributed by atoms with van der Waals surface area (Å²) >= 11 is 0. The number of esters is 1. The van der Waals surface area contributed by atoms with Crippen LogP contribution in [0.1, 0.15) is 71.1 Å². The Kier molecular flexibility index (Phi) is 9.11. The zero-order valence-electron chi connectivity index (χ0n) is 13.7. The Bertz CT molecular complexity index is 311. The van der Waals surface area contributed by atoms with Crippen molar-refractivity contribution in [3.05, 3.63) is 0 Å². The molecule has 122 valence electrons. The predicted octanol–water partition coefficient (Wildman–Crippen LogP) is 3.54. The number of unbranched alkanes of at least 4 members (excludes halogenated alkanes) is 5. The average Bonchev–Trinajstić information content (AvgIpc) is 2.99. The average molecular weight is 297 g/mol. The first-order chi connectivity index (χ1) is 10.1. The lowest BCUT2D eigenvalue weighted by atomic mass is 10.1. The minimum Gasteiger partial charge on any atom is -0.464 e. The van der Waals surface area contributed by atoms with Crippen molar-refractivity contribution in [3.8, 4) is 0 Å². The lowest BCUT2D eigenvalue weighted by Gasteiger charge is -2.19. The number of carbonyl (C=O) groups is 2. The fraction of sp³-hybridized carbons (Fsp3) is 0.882. The van der Waals surface area contributed by atoms with Gasteiger partial charge in [0.2, 0.25) is 5.91 Å². The molecule has 1 rings (SSSR count). The molecule has 0 spiro atoms. The van der Waals surface area contributed by atoms with E-state index >= 15 is 0 Å². The van der Waals surface area contributed by atoms with Crippen LogP contribution in [0.2, 0.25) is 0 Å². The summed E-state index contributed by atoms with van der Waals surface area (Å²) in [5.41, 5.74) is 0. The number of hydrogen-bond donors (Lipinski definition) is 0. The van der Waals surface area contributed by atoms with Gasteiger partial charge in [0.1, 0.15) is 6.54 Å². The molecule has 0 unspecified atom stereocenters. The van der Waals surface area contributed by atoms with Gasteiger partial charge in [0.25, 0.3) is 0 Å². The molecule has 0 N–H and O–H groups in total. The summed E-state index contributed by atoms with van der Waals surface area (Å²) < 4.78 is 5.20. The zero-order valence-corrected chi connectivity index (χ0v) is 13.7. The summed E-state index contributed by atoms with van der Waals surface area (Å²) in [6.45, 7) is 2.77. The third-order valence-corrected chi connectivity index (χ3v) is 4.21. The Morgan fingerprint density at radius 3 is 2.33 bits per heavy atom. The van der Waals surface area contributed by atoms with Gasteiger partial charge in [-0.1, -0.05) is 51.9 Å². The number of carbonyl (C=O) groups excluding carboxylic acids is 2. The van der Waals surface area contributed by atoms with Crippen LogP contribution in [0.15, 0.2) is 0 Å². The molecule has 1 aliphatic carbocycles. The number of nitrogens with zero attached hydrogens (tertiary/aromatic N) is 1. The highest BCUT2D eigenvalue weighted by atomic mass is 16.5. The van der Waals surface area contributed by atoms with Gasteiger partial charge in [0, 0.05) is 13.0 Å². The molecule has 0 heterocycles. The van der Waals surface area contributed by atoms with Crippen molar-refractivity contribution in [1.29, 1.82) is 0 Å². The lowest BCUT2D eigenvalue weighted by Crippen LogP contribution is -2.36. The molecule has 0 bridgehead atoms. The molecular formula is C17H31NO3. The third kappa shape index (κ3) is 7.49. The van der Waals surface area contributed by atoms with Crippen molar-refractivity contribution in [1.82, 2.24) is 4.90 Å². The highest BCUT2D eigenvalue weighted by molar-refractivity contribution is 5.83.